The van der Waals surface area contributed by atoms with Crippen LogP contribution in [0.1, 0.15) is 17.0 Å². The second-order valence-corrected chi connectivity index (χ2v) is 5.22. The van der Waals surface area contributed by atoms with Gasteiger partial charge in [-0.25, -0.2) is 5.01 Å². The molecule has 0 saturated carbocycles. The molecule has 1 atom stereocenters. The van der Waals surface area contributed by atoms with E-state index in [-0.39, 0.29) is 0 Å². The summed E-state index contributed by atoms with van der Waals surface area (Å²) in [5, 5.41) is 13.8. The van der Waals surface area contributed by atoms with Crippen LogP contribution in [-0.2, 0) is 0 Å². The molecule has 3 rings (SSSR count). The molecule has 24 heavy (non-hydrogen) atoms. The molecule has 0 radical (unpaired) electrons. The molecule has 2 aromatic rings. The Balaban J connectivity index is 1.99. The number of nitrogens with zero attached hydrogens (tertiary/aromatic N) is 3. The summed E-state index contributed by atoms with van der Waals surface area (Å²) in [6.45, 7) is 0. The summed E-state index contributed by atoms with van der Waals surface area (Å²) in [7, 11) is 0. The first kappa shape index (κ1) is 15.8. The maximum absolute atomic E-state index is 13.5. The second-order valence-electron chi connectivity index (χ2n) is 5.22. The second kappa shape index (κ2) is 6.20. The van der Waals surface area contributed by atoms with Gasteiger partial charge in [-0.2, -0.15) is 23.5 Å². The van der Waals surface area contributed by atoms with Gasteiger partial charge >= 0.3 is 6.18 Å². The van der Waals surface area contributed by atoms with Crippen molar-refractivity contribution >= 4 is 11.4 Å². The van der Waals surface area contributed by atoms with Gasteiger partial charge in [0, 0.05) is 6.20 Å². The van der Waals surface area contributed by atoms with Gasteiger partial charge in [-0.3, -0.25) is 0 Å². The minimum Gasteiger partial charge on any atom is -0.241 e. The predicted octanol–water partition coefficient (Wildman–Crippen LogP) is 4.59. The van der Waals surface area contributed by atoms with Crippen molar-refractivity contribution in [2.45, 2.75) is 12.1 Å². The Bertz CT molecular complexity index is 815. The molecule has 0 aromatic heterocycles. The fourth-order valence-corrected chi connectivity index (χ4v) is 2.46. The summed E-state index contributed by atoms with van der Waals surface area (Å²) in [6.07, 6.45) is -1.58. The van der Waals surface area contributed by atoms with E-state index in [1.54, 1.807) is 30.3 Å². The highest BCUT2D eigenvalue weighted by Gasteiger charge is 2.42. The fraction of sp³-hybridized carbons (Fsp3) is 0.111. The van der Waals surface area contributed by atoms with Crippen LogP contribution in [0.3, 0.4) is 0 Å². The van der Waals surface area contributed by atoms with Crippen molar-refractivity contribution in [3.05, 3.63) is 78.0 Å². The van der Waals surface area contributed by atoms with Gasteiger partial charge in [0.15, 0.2) is 5.71 Å². The number of benzene rings is 2. The highest BCUT2D eigenvalue weighted by molar-refractivity contribution is 5.98. The zero-order valence-corrected chi connectivity index (χ0v) is 12.4. The van der Waals surface area contributed by atoms with Gasteiger partial charge < -0.3 is 0 Å². The van der Waals surface area contributed by atoms with Gasteiger partial charge in [0.25, 0.3) is 0 Å². The van der Waals surface area contributed by atoms with E-state index in [2.05, 4.69) is 5.10 Å². The van der Waals surface area contributed by atoms with Crippen molar-refractivity contribution in [2.24, 2.45) is 5.10 Å². The van der Waals surface area contributed by atoms with E-state index >= 15 is 0 Å². The van der Waals surface area contributed by atoms with Gasteiger partial charge in [-0.1, -0.05) is 36.4 Å². The lowest BCUT2D eigenvalue weighted by atomic mass is 9.92. The van der Waals surface area contributed by atoms with Crippen LogP contribution in [0.5, 0.6) is 0 Å². The molecular weight excluding hydrogens is 315 g/mol. The molecule has 120 valence electrons. The number of para-hydroxylation sites is 1. The summed E-state index contributed by atoms with van der Waals surface area (Å²) in [6, 6.07) is 16.6. The average Bonchev–Trinajstić information content (AvgIpc) is 2.61. The summed E-state index contributed by atoms with van der Waals surface area (Å²) in [5.74, 6) is -1.00. The van der Waals surface area contributed by atoms with E-state index in [9.17, 15) is 13.2 Å². The van der Waals surface area contributed by atoms with Crippen LogP contribution < -0.4 is 5.01 Å². The van der Waals surface area contributed by atoms with Crippen molar-refractivity contribution in [3.63, 3.8) is 0 Å². The number of hydrogen-bond acceptors (Lipinski definition) is 3. The minimum atomic E-state index is -4.56. The minimum absolute atomic E-state index is 0.398. The summed E-state index contributed by atoms with van der Waals surface area (Å²) < 4.78 is 40.4. The quantitative estimate of drug-likeness (QED) is 0.809. The zero-order chi connectivity index (χ0) is 17.2. The first-order valence-electron chi connectivity index (χ1n) is 7.17. The largest absolute Gasteiger partial charge is 0.432 e. The molecule has 0 bridgehead atoms. The van der Waals surface area contributed by atoms with Crippen molar-refractivity contribution in [2.75, 3.05) is 5.01 Å². The third-order valence-electron chi connectivity index (χ3n) is 3.64. The van der Waals surface area contributed by atoms with Gasteiger partial charge in [0.2, 0.25) is 0 Å². The van der Waals surface area contributed by atoms with Gasteiger partial charge in [-0.15, -0.1) is 0 Å². The number of halogens is 3. The van der Waals surface area contributed by atoms with E-state index in [0.29, 0.717) is 16.8 Å². The van der Waals surface area contributed by atoms with Crippen LogP contribution in [0.2, 0.25) is 0 Å². The SMILES string of the molecule is N#Cc1ccc(C2C=CN(c3ccccc3)N=C2C(F)(F)F)cc1. The van der Waals surface area contributed by atoms with E-state index in [4.69, 9.17) is 5.26 Å². The maximum Gasteiger partial charge on any atom is 0.432 e. The number of anilines is 1. The zero-order valence-electron chi connectivity index (χ0n) is 12.4. The third-order valence-corrected chi connectivity index (χ3v) is 3.64. The Labute approximate surface area is 136 Å². The summed E-state index contributed by atoms with van der Waals surface area (Å²) in [4.78, 5) is 0. The molecule has 2 aromatic carbocycles. The maximum atomic E-state index is 13.5. The highest BCUT2D eigenvalue weighted by Crippen LogP contribution is 2.34. The molecule has 1 aliphatic heterocycles. The fourth-order valence-electron chi connectivity index (χ4n) is 2.46. The number of hydrogen-bond donors (Lipinski definition) is 0. The van der Waals surface area contributed by atoms with Crippen LogP contribution >= 0.6 is 0 Å². The van der Waals surface area contributed by atoms with Gasteiger partial charge in [-0.05, 0) is 29.8 Å². The number of allylic oxidation sites excluding steroid dienone is 1. The molecule has 0 fully saturated rings. The molecule has 3 nitrogen and oxygen atoms in total. The molecular formula is C18H12F3N3. The summed E-state index contributed by atoms with van der Waals surface area (Å²) >= 11 is 0. The monoisotopic (exact) mass is 327 g/mol. The van der Waals surface area contributed by atoms with Gasteiger partial charge in [0.1, 0.15) is 0 Å². The van der Waals surface area contributed by atoms with E-state index in [0.717, 1.165) is 0 Å². The number of hydrazone groups is 1. The van der Waals surface area contributed by atoms with Crippen LogP contribution in [0, 0.1) is 11.3 Å². The standard InChI is InChI=1S/C18H12F3N3/c19-18(20,21)17-16(14-8-6-13(12-22)7-9-14)10-11-24(23-17)15-4-2-1-3-5-15/h1-11,16H. The van der Waals surface area contributed by atoms with Crippen molar-refractivity contribution < 1.29 is 13.2 Å². The lowest BCUT2D eigenvalue weighted by Crippen LogP contribution is -2.34. The summed E-state index contributed by atoms with van der Waals surface area (Å²) in [5.41, 5.74) is 0.497. The smallest absolute Gasteiger partial charge is 0.241 e. The Morgan fingerprint density at radius 1 is 1.00 bits per heavy atom. The first-order valence-corrected chi connectivity index (χ1v) is 7.17. The van der Waals surface area contributed by atoms with Crippen LogP contribution in [0.4, 0.5) is 18.9 Å². The topological polar surface area (TPSA) is 39.4 Å². The first-order chi connectivity index (χ1) is 11.5. The highest BCUT2D eigenvalue weighted by atomic mass is 19.4. The molecule has 1 aliphatic rings. The van der Waals surface area contributed by atoms with Gasteiger partial charge in [0.05, 0.1) is 23.2 Å². The van der Waals surface area contributed by atoms with Crippen LogP contribution in [0.25, 0.3) is 0 Å². The molecule has 0 N–H and O–H groups in total. The average molecular weight is 327 g/mol. The normalized spacial score (nSPS) is 17.3. The van der Waals surface area contributed by atoms with Crippen molar-refractivity contribution in [1.29, 1.82) is 5.26 Å². The van der Waals surface area contributed by atoms with E-state index in [1.165, 1.54) is 41.6 Å². The van der Waals surface area contributed by atoms with Crippen molar-refractivity contribution in [1.82, 2.24) is 0 Å². The Morgan fingerprint density at radius 2 is 1.67 bits per heavy atom. The van der Waals surface area contributed by atoms with E-state index in [1.807, 2.05) is 6.07 Å². The molecule has 6 heteroatoms. The molecule has 0 spiro atoms. The number of alkyl halides is 3. The van der Waals surface area contributed by atoms with Crippen molar-refractivity contribution in [3.8, 4) is 6.07 Å². The Hall–Kier alpha value is -3.07. The molecule has 1 heterocycles. The third kappa shape index (κ3) is 3.15. The predicted molar refractivity (Wildman–Crippen MR) is 85.4 cm³/mol. The number of nitriles is 1. The molecule has 0 aliphatic carbocycles. The number of rotatable bonds is 2. The molecule has 0 saturated heterocycles. The lowest BCUT2D eigenvalue weighted by molar-refractivity contribution is -0.0611. The van der Waals surface area contributed by atoms with E-state index < -0.39 is 17.8 Å². The molecule has 0 amide bonds. The van der Waals surface area contributed by atoms with Crippen LogP contribution in [-0.4, -0.2) is 11.9 Å². The van der Waals surface area contributed by atoms with Crippen LogP contribution in [0.15, 0.2) is 72.0 Å². The lowest BCUT2D eigenvalue weighted by Gasteiger charge is -2.27. The molecule has 1 unspecified atom stereocenters. The Morgan fingerprint density at radius 3 is 2.25 bits per heavy atom. The Kier molecular flexibility index (Phi) is 4.09.